The lowest BCUT2D eigenvalue weighted by Crippen LogP contribution is -2.38. The average Bonchev–Trinajstić information content (AvgIpc) is 3.10. The molecule has 3 rings (SSSR count). The van der Waals surface area contributed by atoms with Crippen LogP contribution in [0.25, 0.3) is 11.2 Å². The molecule has 0 radical (unpaired) electrons. The molecule has 12 heteroatoms. The van der Waals surface area contributed by atoms with Crippen LogP contribution in [0.4, 0.5) is 5.95 Å². The van der Waals surface area contributed by atoms with Gasteiger partial charge in [-0.15, -0.1) is 0 Å². The first-order chi connectivity index (χ1) is 14.8. The molecule has 0 aliphatic heterocycles. The van der Waals surface area contributed by atoms with Crippen molar-refractivity contribution in [3.05, 3.63) is 23.6 Å². The van der Waals surface area contributed by atoms with Crippen LogP contribution < -0.4 is 5.73 Å². The summed E-state index contributed by atoms with van der Waals surface area (Å²) >= 11 is 6.15. The predicted molar refractivity (Wildman–Crippen MR) is 122 cm³/mol. The molecule has 0 bridgehead atoms. The summed E-state index contributed by atoms with van der Waals surface area (Å²) in [5.41, 5.74) is 5.78. The van der Waals surface area contributed by atoms with Gasteiger partial charge >= 0.3 is 7.60 Å². The zero-order chi connectivity index (χ0) is 24.0. The number of nitrogens with zero attached hydrogens (tertiary/aromatic N) is 4. The molecule has 4 atom stereocenters. The van der Waals surface area contributed by atoms with E-state index >= 15 is 0 Å². The van der Waals surface area contributed by atoms with Gasteiger partial charge in [0.25, 0.3) is 0 Å². The number of nitrogen functional groups attached to an aromatic ring is 1. The second kappa shape index (κ2) is 9.00. The Morgan fingerprint density at radius 3 is 2.47 bits per heavy atom. The third kappa shape index (κ3) is 4.71. The normalized spacial score (nSPS) is 26.7. The van der Waals surface area contributed by atoms with E-state index in [1.165, 1.54) is 6.33 Å². The van der Waals surface area contributed by atoms with Crippen molar-refractivity contribution in [2.24, 2.45) is 5.92 Å². The number of fused-ring (bicyclic) bond motifs is 1. The summed E-state index contributed by atoms with van der Waals surface area (Å²) in [4.78, 5) is 12.4. The maximum absolute atomic E-state index is 13.2. The molecule has 0 spiro atoms. The molecule has 10 nitrogen and oxygen atoms in total. The van der Waals surface area contributed by atoms with Crippen LogP contribution in [0.2, 0.25) is 5.15 Å². The van der Waals surface area contributed by atoms with E-state index in [0.29, 0.717) is 16.7 Å². The lowest BCUT2D eigenvalue weighted by molar-refractivity contribution is -0.0387. The predicted octanol–water partition coefficient (Wildman–Crippen LogP) is 3.95. The van der Waals surface area contributed by atoms with Crippen molar-refractivity contribution in [2.75, 3.05) is 12.1 Å². The summed E-state index contributed by atoms with van der Waals surface area (Å²) in [6.07, 6.45) is -0.00212. The molecule has 0 unspecified atom stereocenters. The van der Waals surface area contributed by atoms with E-state index < -0.39 is 31.3 Å². The van der Waals surface area contributed by atoms with Gasteiger partial charge in [-0.3, -0.25) is 4.57 Å². The Bertz CT molecular complexity index is 1040. The van der Waals surface area contributed by atoms with E-state index in [-0.39, 0.29) is 29.7 Å². The van der Waals surface area contributed by atoms with Crippen LogP contribution in [-0.4, -0.2) is 54.9 Å². The van der Waals surface area contributed by atoms with Crippen LogP contribution in [-0.2, 0) is 18.3 Å². The number of imidazole rings is 1. The van der Waals surface area contributed by atoms with Gasteiger partial charge in [0, 0.05) is 5.92 Å². The molecule has 0 saturated heterocycles. The number of anilines is 1. The highest BCUT2D eigenvalue weighted by Gasteiger charge is 2.54. The van der Waals surface area contributed by atoms with Gasteiger partial charge in [-0.2, -0.15) is 9.97 Å². The van der Waals surface area contributed by atoms with E-state index in [9.17, 15) is 9.67 Å². The maximum Gasteiger partial charge on any atom is 0.356 e. The Balaban J connectivity index is 1.92. The highest BCUT2D eigenvalue weighted by molar-refractivity contribution is 7.53. The zero-order valence-corrected chi connectivity index (χ0v) is 20.8. The highest BCUT2D eigenvalue weighted by Crippen LogP contribution is 2.54. The minimum absolute atomic E-state index is 0.00837. The monoisotopic (exact) mass is 487 g/mol. The van der Waals surface area contributed by atoms with Gasteiger partial charge in [-0.05, 0) is 40.2 Å². The quantitative estimate of drug-likeness (QED) is 0.322. The minimum atomic E-state index is -3.53. The molecule has 1 aliphatic carbocycles. The number of hydrogen-bond donors (Lipinski definition) is 2. The highest BCUT2D eigenvalue weighted by atomic mass is 35.5. The van der Waals surface area contributed by atoms with E-state index in [1.54, 1.807) is 39.2 Å². The number of halogens is 1. The van der Waals surface area contributed by atoms with Gasteiger partial charge in [0.15, 0.2) is 10.8 Å². The van der Waals surface area contributed by atoms with Crippen LogP contribution >= 0.6 is 19.2 Å². The molecule has 0 aromatic carbocycles. The number of ether oxygens (including phenoxy) is 1. The molecule has 2 heterocycles. The molecule has 1 saturated carbocycles. The van der Waals surface area contributed by atoms with Crippen molar-refractivity contribution in [2.45, 2.75) is 71.5 Å². The molecule has 32 heavy (non-hydrogen) atoms. The van der Waals surface area contributed by atoms with Gasteiger partial charge in [-0.25, -0.2) is 4.98 Å². The van der Waals surface area contributed by atoms with Crippen molar-refractivity contribution in [1.82, 2.24) is 19.5 Å². The van der Waals surface area contributed by atoms with Crippen molar-refractivity contribution >= 4 is 36.3 Å². The average molecular weight is 488 g/mol. The van der Waals surface area contributed by atoms with Crippen molar-refractivity contribution in [3.8, 4) is 0 Å². The summed E-state index contributed by atoms with van der Waals surface area (Å²) in [6, 6.07) is -0.644. The van der Waals surface area contributed by atoms with Crippen molar-refractivity contribution in [1.29, 1.82) is 0 Å². The number of aliphatic hydroxyl groups is 1. The van der Waals surface area contributed by atoms with Gasteiger partial charge in [0.05, 0.1) is 36.3 Å². The number of hydrogen-bond acceptors (Lipinski definition) is 9. The summed E-state index contributed by atoms with van der Waals surface area (Å²) in [7, 11) is -3.53. The van der Waals surface area contributed by atoms with Gasteiger partial charge in [-0.1, -0.05) is 25.1 Å². The van der Waals surface area contributed by atoms with Crippen molar-refractivity contribution < 1.29 is 23.5 Å². The molecular weight excluding hydrogens is 457 g/mol. The third-order valence-electron chi connectivity index (χ3n) is 5.48. The van der Waals surface area contributed by atoms with Crippen LogP contribution in [0.3, 0.4) is 0 Å². The fourth-order valence-corrected chi connectivity index (χ4v) is 6.12. The maximum atomic E-state index is 13.2. The Labute approximate surface area is 192 Å². The van der Waals surface area contributed by atoms with Crippen LogP contribution in [0, 0.1) is 5.92 Å². The SMILES string of the molecule is C=C1[C@H](OCP(=O)(OC(C)C)OC(C)C)[C@@H](C)[C@@](C)(O)[C@@H]1n1cnc2c(Cl)nc(N)nc21. The minimum Gasteiger partial charge on any atom is -0.387 e. The summed E-state index contributed by atoms with van der Waals surface area (Å²) in [5, 5.41) is 11.5. The summed E-state index contributed by atoms with van der Waals surface area (Å²) in [6.45, 7) is 14.8. The van der Waals surface area contributed by atoms with Gasteiger partial charge in [0.2, 0.25) is 5.95 Å². The molecule has 178 valence electrons. The Kier molecular flexibility index (Phi) is 7.06. The van der Waals surface area contributed by atoms with Gasteiger partial charge in [0.1, 0.15) is 11.9 Å². The van der Waals surface area contributed by atoms with Crippen LogP contribution in [0.15, 0.2) is 18.5 Å². The molecule has 2 aromatic heterocycles. The first-order valence-electron chi connectivity index (χ1n) is 10.4. The molecule has 1 fully saturated rings. The topological polar surface area (TPSA) is 135 Å². The molecule has 2 aromatic rings. The lowest BCUT2D eigenvalue weighted by atomic mass is 9.91. The largest absolute Gasteiger partial charge is 0.387 e. The standard InChI is InChI=1S/C20H31ClN5O5P/c1-10(2)30-32(28,31-11(3)4)9-29-15-12(5)16(20(7,27)13(15)6)26-8-23-14-17(21)24-19(22)25-18(14)26/h8,10-11,13,15-16,27H,5,9H2,1-4,6-7H3,(H2,22,24,25)/t13-,15+,16-,20-/m1/s1. The first-order valence-corrected chi connectivity index (χ1v) is 12.5. The fraction of sp³-hybridized carbons (Fsp3) is 0.650. The smallest absolute Gasteiger partial charge is 0.356 e. The van der Waals surface area contributed by atoms with Gasteiger partial charge < -0.3 is 29.2 Å². The van der Waals surface area contributed by atoms with E-state index in [2.05, 4.69) is 21.5 Å². The Morgan fingerprint density at radius 2 is 1.91 bits per heavy atom. The number of rotatable bonds is 8. The first kappa shape index (κ1) is 25.1. The Morgan fingerprint density at radius 1 is 1.31 bits per heavy atom. The second-order valence-electron chi connectivity index (χ2n) is 8.82. The van der Waals surface area contributed by atoms with E-state index in [1.807, 2.05) is 6.92 Å². The molecule has 3 N–H and O–H groups in total. The second-order valence-corrected chi connectivity index (χ2v) is 11.1. The van der Waals surface area contributed by atoms with Crippen LogP contribution in [0.1, 0.15) is 47.6 Å². The zero-order valence-electron chi connectivity index (χ0n) is 19.1. The third-order valence-corrected chi connectivity index (χ3v) is 7.69. The summed E-state index contributed by atoms with van der Waals surface area (Å²) in [5.74, 6) is -0.412. The molecule has 1 aliphatic rings. The summed E-state index contributed by atoms with van der Waals surface area (Å²) < 4.78 is 32.0. The molecular formula is C20H31ClN5O5P. The fourth-order valence-electron chi connectivity index (χ4n) is 4.11. The van der Waals surface area contributed by atoms with E-state index in [0.717, 1.165) is 0 Å². The number of aromatic nitrogens is 4. The number of nitrogens with two attached hydrogens (primary N) is 1. The van der Waals surface area contributed by atoms with Crippen molar-refractivity contribution in [3.63, 3.8) is 0 Å². The van der Waals surface area contributed by atoms with E-state index in [4.69, 9.17) is 31.1 Å². The Hall–Kier alpha value is -1.55. The molecule has 0 amide bonds. The lowest BCUT2D eigenvalue weighted by Gasteiger charge is -2.30. The van der Waals surface area contributed by atoms with Crippen LogP contribution in [0.5, 0.6) is 0 Å².